The number of rotatable bonds is 6. The van der Waals surface area contributed by atoms with Crippen LogP contribution in [0.1, 0.15) is 5.56 Å². The fraction of sp³-hybridized carbons (Fsp3) is 0.300. The van der Waals surface area contributed by atoms with Gasteiger partial charge in [-0.2, -0.15) is 0 Å². The van der Waals surface area contributed by atoms with Crippen LogP contribution in [-0.2, 0) is 36.4 Å². The Balaban J connectivity index is 2.38. The fourth-order valence-electron chi connectivity index (χ4n) is 1.26. The van der Waals surface area contributed by atoms with Gasteiger partial charge in [-0.25, -0.2) is 0 Å². The average molecular weight is 460 g/mol. The number of thiol groups is 2. The Morgan fingerprint density at radius 3 is 2.82 bits per heavy atom. The maximum atomic E-state index is 11.4. The molecule has 7 heteroatoms. The van der Waals surface area contributed by atoms with E-state index in [-0.39, 0.29) is 5.75 Å². The summed E-state index contributed by atoms with van der Waals surface area (Å²) in [5, 5.41) is 10.5. The molecule has 1 aromatic rings. The summed E-state index contributed by atoms with van der Waals surface area (Å²) in [6, 6.07) is 7.02. The molecule has 0 amide bonds. The fourth-order valence-corrected chi connectivity index (χ4v) is 7.15. The molecule has 0 aliphatic rings. The van der Waals surface area contributed by atoms with Gasteiger partial charge in [-0.15, -0.1) is 0 Å². The first-order valence-electron chi connectivity index (χ1n) is 5.18. The molecule has 1 atom stereocenters. The van der Waals surface area contributed by atoms with Crippen molar-refractivity contribution in [3.05, 3.63) is 35.0 Å². The Morgan fingerprint density at radius 1 is 1.53 bits per heavy atom. The first kappa shape index (κ1) is 15.3. The second-order valence-corrected chi connectivity index (χ2v) is 8.97. The molecule has 0 bridgehead atoms. The molecular weight excluding hydrogens is 447 g/mol. The zero-order valence-electron chi connectivity index (χ0n) is 9.20. The molecule has 0 aliphatic carbocycles. The number of hydrogen-bond acceptors (Lipinski definition) is 5. The second kappa shape index (κ2) is 8.36. The third-order valence-electron chi connectivity index (χ3n) is 2.27. The summed E-state index contributed by atoms with van der Waals surface area (Å²) in [4.78, 5) is 12.3. The summed E-state index contributed by atoms with van der Waals surface area (Å²) < 4.78 is 6.02. The second-order valence-electron chi connectivity index (χ2n) is 3.47. The van der Waals surface area contributed by atoms with Crippen molar-refractivity contribution in [1.29, 1.82) is 0 Å². The van der Waals surface area contributed by atoms with Crippen LogP contribution in [-0.4, -0.2) is 17.8 Å². The molecule has 0 unspecified atom stereocenters. The molecule has 0 fully saturated rings. The average Bonchev–Trinajstić information content (AvgIpc) is 2.33. The van der Waals surface area contributed by atoms with Gasteiger partial charge >= 0.3 is 125 Å². The van der Waals surface area contributed by atoms with Crippen molar-refractivity contribution in [3.63, 3.8) is 0 Å². The number of benzene rings is 1. The van der Waals surface area contributed by atoms with Crippen molar-refractivity contribution in [1.82, 2.24) is 0 Å². The number of hydroxylamine groups is 1. The van der Waals surface area contributed by atoms with E-state index in [2.05, 4.69) is 25.3 Å². The van der Waals surface area contributed by atoms with Crippen molar-refractivity contribution < 1.29 is 37.9 Å². The van der Waals surface area contributed by atoms with E-state index in [0.717, 1.165) is 14.4 Å². The molecule has 4 nitrogen and oxygen atoms in total. The Kier molecular flexibility index (Phi) is 7.53. The molecule has 0 radical (unpaired) electrons. The standard InChI is InChI=1S/C7H7S.C3H7NO3S.Hg/c1-6-4-2-3-5-7(6)8;5-3(6)2(1-8)4-7;/h2-5,8H,1H2;2,8H,1,4H2,(H,5,6);/q;;+1/p-1/t;2-;/m.1./s1. The van der Waals surface area contributed by atoms with Crippen LogP contribution in [0, 0.1) is 5.21 Å². The SMILES string of the molecule is O=C([O][Hg][CH2]c1ccccc1S)[C@@H](CS)[NH2+][O-]. The van der Waals surface area contributed by atoms with Crippen molar-refractivity contribution in [3.8, 4) is 0 Å². The molecule has 0 spiro atoms. The maximum absolute atomic E-state index is 11.4. The van der Waals surface area contributed by atoms with Crippen molar-refractivity contribution in [2.24, 2.45) is 0 Å². The van der Waals surface area contributed by atoms with E-state index in [1.54, 1.807) is 0 Å². The van der Waals surface area contributed by atoms with Crippen LogP contribution in [0.2, 0.25) is 0 Å². The number of carbonyl (C=O) groups is 1. The molecule has 1 aromatic carbocycles. The molecule has 2 N–H and O–H groups in total. The summed E-state index contributed by atoms with van der Waals surface area (Å²) in [5.74, 6) is -0.215. The zero-order valence-corrected chi connectivity index (χ0v) is 16.5. The normalized spacial score (nSPS) is 11.7. The Bertz CT molecular complexity index is 374. The Morgan fingerprint density at radius 2 is 2.24 bits per heavy atom. The van der Waals surface area contributed by atoms with E-state index in [0.29, 0.717) is 5.48 Å². The van der Waals surface area contributed by atoms with E-state index in [1.807, 2.05) is 24.3 Å². The first-order chi connectivity index (χ1) is 8.19. The third kappa shape index (κ3) is 5.17. The van der Waals surface area contributed by atoms with Crippen LogP contribution in [0.5, 0.6) is 0 Å². The molecule has 0 saturated carbocycles. The van der Waals surface area contributed by atoms with Crippen molar-refractivity contribution in [2.75, 3.05) is 5.75 Å². The predicted molar refractivity (Wildman–Crippen MR) is 66.4 cm³/mol. The van der Waals surface area contributed by atoms with Gasteiger partial charge in [-0.1, -0.05) is 0 Å². The first-order valence-corrected chi connectivity index (χ1v) is 12.4. The Hall–Kier alpha value is 0.245. The van der Waals surface area contributed by atoms with Crippen LogP contribution in [0.4, 0.5) is 0 Å². The number of hydrogen-bond donors (Lipinski definition) is 3. The summed E-state index contributed by atoms with van der Waals surface area (Å²) in [6.45, 7) is 0. The molecule has 17 heavy (non-hydrogen) atoms. The van der Waals surface area contributed by atoms with Crippen LogP contribution >= 0.6 is 25.3 Å². The van der Waals surface area contributed by atoms with Gasteiger partial charge < -0.3 is 0 Å². The van der Waals surface area contributed by atoms with Crippen LogP contribution < -0.4 is 5.48 Å². The van der Waals surface area contributed by atoms with E-state index in [4.69, 9.17) is 2.64 Å². The summed E-state index contributed by atoms with van der Waals surface area (Å²) >= 11 is 6.49. The molecule has 0 aliphatic heterocycles. The van der Waals surface area contributed by atoms with Crippen molar-refractivity contribution in [2.45, 2.75) is 14.9 Å². The number of carbonyl (C=O) groups excluding carboxylic acids is 1. The summed E-state index contributed by atoms with van der Waals surface area (Å²) in [6.07, 6.45) is 0. The predicted octanol–water partition coefficient (Wildman–Crippen LogP) is 0.376. The molecule has 0 heterocycles. The molecular formula is C10H13HgNO3S2. The number of quaternary nitrogens is 1. The van der Waals surface area contributed by atoms with E-state index < -0.39 is 37.0 Å². The van der Waals surface area contributed by atoms with E-state index in [1.165, 1.54) is 0 Å². The topological polar surface area (TPSA) is 66.0 Å². The minimum atomic E-state index is -1.76. The summed E-state index contributed by atoms with van der Waals surface area (Å²) in [5.41, 5.74) is 1.70. The van der Waals surface area contributed by atoms with Gasteiger partial charge in [0.2, 0.25) is 0 Å². The Labute approximate surface area is 124 Å². The van der Waals surface area contributed by atoms with E-state index in [9.17, 15) is 10.0 Å². The number of nitrogens with two attached hydrogens (primary N) is 1. The quantitative estimate of drug-likeness (QED) is 0.327. The van der Waals surface area contributed by atoms with E-state index >= 15 is 0 Å². The molecule has 0 saturated heterocycles. The van der Waals surface area contributed by atoms with Gasteiger partial charge in [0.15, 0.2) is 0 Å². The van der Waals surface area contributed by atoms with Crippen LogP contribution in [0.3, 0.4) is 0 Å². The van der Waals surface area contributed by atoms with Gasteiger partial charge in [-0.05, 0) is 0 Å². The molecule has 90 valence electrons. The van der Waals surface area contributed by atoms with Crippen LogP contribution in [0.25, 0.3) is 0 Å². The third-order valence-corrected chi connectivity index (χ3v) is 7.89. The monoisotopic (exact) mass is 461 g/mol. The van der Waals surface area contributed by atoms with Crippen LogP contribution in [0.15, 0.2) is 29.2 Å². The van der Waals surface area contributed by atoms with Gasteiger partial charge in [0.25, 0.3) is 0 Å². The minimum absolute atomic E-state index is 0.208. The van der Waals surface area contributed by atoms with Gasteiger partial charge in [-0.3, -0.25) is 0 Å². The van der Waals surface area contributed by atoms with Gasteiger partial charge in [0.1, 0.15) is 0 Å². The summed E-state index contributed by atoms with van der Waals surface area (Å²) in [7, 11) is 0. The zero-order chi connectivity index (χ0) is 12.7. The molecule has 0 aromatic heterocycles. The van der Waals surface area contributed by atoms with Gasteiger partial charge in [0.05, 0.1) is 0 Å². The molecule has 1 rings (SSSR count). The van der Waals surface area contributed by atoms with Crippen molar-refractivity contribution >= 4 is 31.2 Å². The van der Waals surface area contributed by atoms with Gasteiger partial charge in [0, 0.05) is 0 Å².